The summed E-state index contributed by atoms with van der Waals surface area (Å²) < 4.78 is 11.1. The number of benzene rings is 2. The number of rotatable bonds is 3. The molecule has 0 amide bonds. The zero-order valence-corrected chi connectivity index (χ0v) is 15.3. The molecule has 0 spiro atoms. The molecule has 1 aliphatic rings. The fourth-order valence-electron chi connectivity index (χ4n) is 3.52. The molecule has 2 heterocycles. The maximum absolute atomic E-state index is 5.89. The summed E-state index contributed by atoms with van der Waals surface area (Å²) >= 11 is 0. The van der Waals surface area contributed by atoms with Crippen LogP contribution in [0.25, 0.3) is 22.3 Å². The van der Waals surface area contributed by atoms with Crippen LogP contribution < -0.4 is 9.64 Å². The zero-order chi connectivity index (χ0) is 18.1. The van der Waals surface area contributed by atoms with Crippen molar-refractivity contribution in [3.8, 4) is 17.1 Å². The summed E-state index contributed by atoms with van der Waals surface area (Å²) in [5.74, 6) is 2.53. The molecule has 0 saturated carbocycles. The second kappa shape index (κ2) is 6.92. The monoisotopic (exact) mass is 349 g/mol. The van der Waals surface area contributed by atoms with Gasteiger partial charge in [-0.3, -0.25) is 0 Å². The van der Waals surface area contributed by atoms with Gasteiger partial charge < -0.3 is 14.4 Å². The summed E-state index contributed by atoms with van der Waals surface area (Å²) in [4.78, 5) is 12.0. The van der Waals surface area contributed by atoms with Crippen molar-refractivity contribution in [3.05, 3.63) is 48.5 Å². The van der Waals surface area contributed by atoms with E-state index in [9.17, 15) is 0 Å². The third-order valence-electron chi connectivity index (χ3n) is 4.65. The first-order valence-electron chi connectivity index (χ1n) is 8.95. The highest BCUT2D eigenvalue weighted by Gasteiger charge is 2.25. The molecule has 2 atom stereocenters. The van der Waals surface area contributed by atoms with Gasteiger partial charge >= 0.3 is 0 Å². The lowest BCUT2D eigenvalue weighted by atomic mass is 10.1. The van der Waals surface area contributed by atoms with E-state index < -0.39 is 0 Å². The number of para-hydroxylation sites is 1. The molecule has 1 aliphatic heterocycles. The standard InChI is InChI=1S/C21H23N3O2/c1-14-12-24(13-15(2)26-14)21-18-6-4-5-7-19(18)22-20(23-21)16-8-10-17(25-3)11-9-16/h4-11,14-15H,12-13H2,1-3H3. The minimum atomic E-state index is 0.178. The lowest BCUT2D eigenvalue weighted by Crippen LogP contribution is -2.46. The molecule has 2 unspecified atom stereocenters. The van der Waals surface area contributed by atoms with Crippen molar-refractivity contribution in [2.24, 2.45) is 0 Å². The Morgan fingerprint density at radius 3 is 2.35 bits per heavy atom. The van der Waals surface area contributed by atoms with Crippen molar-refractivity contribution in [2.45, 2.75) is 26.1 Å². The first-order chi connectivity index (χ1) is 12.6. The molecule has 0 bridgehead atoms. The molecule has 1 aromatic heterocycles. The van der Waals surface area contributed by atoms with E-state index in [4.69, 9.17) is 19.4 Å². The topological polar surface area (TPSA) is 47.5 Å². The maximum Gasteiger partial charge on any atom is 0.162 e. The summed E-state index contributed by atoms with van der Waals surface area (Å²) in [5, 5.41) is 1.08. The van der Waals surface area contributed by atoms with E-state index in [1.54, 1.807) is 7.11 Å². The highest BCUT2D eigenvalue weighted by molar-refractivity contribution is 5.91. The molecule has 1 fully saturated rings. The second-order valence-corrected chi connectivity index (χ2v) is 6.78. The Labute approximate surface area is 153 Å². The van der Waals surface area contributed by atoms with Gasteiger partial charge in [0.25, 0.3) is 0 Å². The van der Waals surface area contributed by atoms with Gasteiger partial charge in [0.15, 0.2) is 5.82 Å². The number of nitrogens with zero attached hydrogens (tertiary/aromatic N) is 3. The van der Waals surface area contributed by atoms with Crippen LogP contribution in [0.2, 0.25) is 0 Å². The van der Waals surface area contributed by atoms with Crippen LogP contribution in [0, 0.1) is 0 Å². The fourth-order valence-corrected chi connectivity index (χ4v) is 3.52. The number of hydrogen-bond donors (Lipinski definition) is 0. The molecule has 1 saturated heterocycles. The van der Waals surface area contributed by atoms with Gasteiger partial charge in [-0.15, -0.1) is 0 Å². The van der Waals surface area contributed by atoms with Gasteiger partial charge in [0.2, 0.25) is 0 Å². The van der Waals surface area contributed by atoms with Crippen LogP contribution >= 0.6 is 0 Å². The summed E-state index contributed by atoms with van der Waals surface area (Å²) in [7, 11) is 1.67. The average molecular weight is 349 g/mol. The summed E-state index contributed by atoms with van der Waals surface area (Å²) in [6, 6.07) is 16.1. The quantitative estimate of drug-likeness (QED) is 0.717. The first-order valence-corrected chi connectivity index (χ1v) is 8.95. The molecule has 26 heavy (non-hydrogen) atoms. The predicted octanol–water partition coefficient (Wildman–Crippen LogP) is 3.92. The largest absolute Gasteiger partial charge is 0.497 e. The molecule has 2 aromatic carbocycles. The van der Waals surface area contributed by atoms with Crippen LogP contribution in [0.3, 0.4) is 0 Å². The van der Waals surface area contributed by atoms with Gasteiger partial charge in [-0.25, -0.2) is 9.97 Å². The first kappa shape index (κ1) is 16.8. The Hall–Kier alpha value is -2.66. The number of hydrogen-bond acceptors (Lipinski definition) is 5. The predicted molar refractivity (Wildman–Crippen MR) is 104 cm³/mol. The molecular formula is C21H23N3O2. The number of anilines is 1. The summed E-state index contributed by atoms with van der Waals surface area (Å²) in [5.41, 5.74) is 1.93. The van der Waals surface area contributed by atoms with Gasteiger partial charge in [0.1, 0.15) is 11.6 Å². The van der Waals surface area contributed by atoms with Gasteiger partial charge in [0.05, 0.1) is 24.8 Å². The van der Waals surface area contributed by atoms with E-state index in [1.807, 2.05) is 42.5 Å². The van der Waals surface area contributed by atoms with Crippen molar-refractivity contribution in [2.75, 3.05) is 25.1 Å². The third kappa shape index (κ3) is 3.22. The van der Waals surface area contributed by atoms with Gasteiger partial charge in [0, 0.05) is 24.0 Å². The molecule has 3 aromatic rings. The molecule has 5 nitrogen and oxygen atoms in total. The zero-order valence-electron chi connectivity index (χ0n) is 15.3. The van der Waals surface area contributed by atoms with Crippen molar-refractivity contribution in [1.82, 2.24) is 9.97 Å². The lowest BCUT2D eigenvalue weighted by molar-refractivity contribution is -0.00536. The van der Waals surface area contributed by atoms with Gasteiger partial charge in [-0.05, 0) is 50.2 Å². The second-order valence-electron chi connectivity index (χ2n) is 6.78. The van der Waals surface area contributed by atoms with Crippen LogP contribution in [-0.2, 0) is 4.74 Å². The Kier molecular flexibility index (Phi) is 4.47. The Balaban J connectivity index is 1.82. The van der Waals surface area contributed by atoms with Crippen molar-refractivity contribution >= 4 is 16.7 Å². The molecule has 0 radical (unpaired) electrons. The van der Waals surface area contributed by atoms with Crippen molar-refractivity contribution < 1.29 is 9.47 Å². The normalized spacial score (nSPS) is 20.3. The Bertz CT molecular complexity index is 901. The van der Waals surface area contributed by atoms with Crippen molar-refractivity contribution in [1.29, 1.82) is 0 Å². The SMILES string of the molecule is COc1ccc(-c2nc(N3CC(C)OC(C)C3)c3ccccc3n2)cc1. The van der Waals surface area contributed by atoms with E-state index >= 15 is 0 Å². The van der Waals surface area contributed by atoms with Gasteiger partial charge in [-0.2, -0.15) is 0 Å². The Morgan fingerprint density at radius 1 is 0.962 bits per heavy atom. The van der Waals surface area contributed by atoms with Crippen molar-refractivity contribution in [3.63, 3.8) is 0 Å². The van der Waals surface area contributed by atoms with Crippen LogP contribution in [0.4, 0.5) is 5.82 Å². The molecule has 0 aliphatic carbocycles. The number of morpholine rings is 1. The molecule has 5 heteroatoms. The summed E-state index contributed by atoms with van der Waals surface area (Å²) in [6.07, 6.45) is 0.355. The third-order valence-corrected chi connectivity index (χ3v) is 4.65. The van der Waals surface area contributed by atoms with Crippen LogP contribution in [0.15, 0.2) is 48.5 Å². The number of aromatic nitrogens is 2. The highest BCUT2D eigenvalue weighted by atomic mass is 16.5. The Morgan fingerprint density at radius 2 is 1.65 bits per heavy atom. The lowest BCUT2D eigenvalue weighted by Gasteiger charge is -2.36. The van der Waals surface area contributed by atoms with Crippen LogP contribution in [0.5, 0.6) is 5.75 Å². The van der Waals surface area contributed by atoms with Gasteiger partial charge in [-0.1, -0.05) is 12.1 Å². The van der Waals surface area contributed by atoms with Crippen LogP contribution in [-0.4, -0.2) is 42.4 Å². The average Bonchev–Trinajstić information content (AvgIpc) is 2.66. The minimum Gasteiger partial charge on any atom is -0.497 e. The van der Waals surface area contributed by atoms with E-state index in [0.29, 0.717) is 0 Å². The highest BCUT2D eigenvalue weighted by Crippen LogP contribution is 2.30. The molecule has 4 rings (SSSR count). The number of methoxy groups -OCH3 is 1. The summed E-state index contributed by atoms with van der Waals surface area (Å²) in [6.45, 7) is 5.87. The number of fused-ring (bicyclic) bond motifs is 1. The van der Waals surface area contributed by atoms with E-state index in [1.165, 1.54) is 0 Å². The molecular weight excluding hydrogens is 326 g/mol. The molecule has 0 N–H and O–H groups in total. The van der Waals surface area contributed by atoms with E-state index in [-0.39, 0.29) is 12.2 Å². The molecule has 134 valence electrons. The fraction of sp³-hybridized carbons (Fsp3) is 0.333. The van der Waals surface area contributed by atoms with E-state index in [2.05, 4.69) is 24.8 Å². The van der Waals surface area contributed by atoms with E-state index in [0.717, 1.165) is 46.9 Å². The maximum atomic E-state index is 5.89. The minimum absolute atomic E-state index is 0.178. The van der Waals surface area contributed by atoms with Crippen LogP contribution in [0.1, 0.15) is 13.8 Å². The smallest absolute Gasteiger partial charge is 0.162 e. The number of ether oxygens (including phenoxy) is 2.